The molecule has 1 aromatic rings. The number of thioether (sulfide) groups is 1. The van der Waals surface area contributed by atoms with E-state index in [9.17, 15) is 14.7 Å². The standard InChI is InChI=1S/C13H14BrNO3S/c1-8(16)19-7-9-4-13(18)15(6-9)10-2-3-12(17)11(14)5-10/h2-3,5,9,17H,4,6-7H2,1H3. The zero-order valence-electron chi connectivity index (χ0n) is 10.4. The fourth-order valence-corrected chi connectivity index (χ4v) is 3.10. The Kier molecular flexibility index (Phi) is 4.52. The molecule has 1 N–H and O–H groups in total. The van der Waals surface area contributed by atoms with Gasteiger partial charge in [-0.1, -0.05) is 11.8 Å². The smallest absolute Gasteiger partial charge is 0.227 e. The van der Waals surface area contributed by atoms with Gasteiger partial charge in [0.05, 0.1) is 4.47 Å². The van der Waals surface area contributed by atoms with Crippen LogP contribution < -0.4 is 4.90 Å². The van der Waals surface area contributed by atoms with Gasteiger partial charge in [-0.15, -0.1) is 0 Å². The van der Waals surface area contributed by atoms with Crippen LogP contribution >= 0.6 is 27.7 Å². The molecule has 6 heteroatoms. The average Bonchev–Trinajstić information content (AvgIpc) is 2.72. The van der Waals surface area contributed by atoms with Gasteiger partial charge in [-0.05, 0) is 40.0 Å². The molecule has 19 heavy (non-hydrogen) atoms. The fraction of sp³-hybridized carbons (Fsp3) is 0.385. The summed E-state index contributed by atoms with van der Waals surface area (Å²) in [5.74, 6) is 1.09. The minimum absolute atomic E-state index is 0.0618. The van der Waals surface area contributed by atoms with Crippen molar-refractivity contribution in [2.45, 2.75) is 13.3 Å². The van der Waals surface area contributed by atoms with Crippen molar-refractivity contribution in [3.63, 3.8) is 0 Å². The Balaban J connectivity index is 2.07. The third-order valence-corrected chi connectivity index (χ3v) is 4.65. The number of aromatic hydroxyl groups is 1. The van der Waals surface area contributed by atoms with Crippen LogP contribution in [0.5, 0.6) is 5.75 Å². The Labute approximate surface area is 124 Å². The Hall–Kier alpha value is -1.01. The summed E-state index contributed by atoms with van der Waals surface area (Å²) in [4.78, 5) is 24.6. The van der Waals surface area contributed by atoms with Crippen LogP contribution in [0.2, 0.25) is 0 Å². The zero-order valence-corrected chi connectivity index (χ0v) is 12.8. The van der Waals surface area contributed by atoms with E-state index in [0.717, 1.165) is 5.69 Å². The number of phenols is 1. The molecular weight excluding hydrogens is 330 g/mol. The molecule has 102 valence electrons. The number of carbonyl (C=O) groups is 2. The van der Waals surface area contributed by atoms with E-state index in [0.29, 0.717) is 23.2 Å². The molecule has 0 saturated carbocycles. The average molecular weight is 344 g/mol. The van der Waals surface area contributed by atoms with Gasteiger partial charge >= 0.3 is 0 Å². The van der Waals surface area contributed by atoms with Crippen molar-refractivity contribution in [2.24, 2.45) is 5.92 Å². The molecule has 1 aliphatic heterocycles. The van der Waals surface area contributed by atoms with E-state index in [1.54, 1.807) is 23.1 Å². The summed E-state index contributed by atoms with van der Waals surface area (Å²) in [7, 11) is 0. The second-order valence-electron chi connectivity index (χ2n) is 4.51. The molecule has 1 aromatic carbocycles. The molecule has 1 amide bonds. The number of hydrogen-bond donors (Lipinski definition) is 1. The summed E-state index contributed by atoms with van der Waals surface area (Å²) in [6, 6.07) is 5.01. The lowest BCUT2D eigenvalue weighted by Gasteiger charge is -2.17. The molecule has 1 heterocycles. The highest BCUT2D eigenvalue weighted by atomic mass is 79.9. The Morgan fingerprint density at radius 1 is 1.58 bits per heavy atom. The van der Waals surface area contributed by atoms with Crippen LogP contribution in [0, 0.1) is 5.92 Å². The lowest BCUT2D eigenvalue weighted by Crippen LogP contribution is -2.24. The number of benzene rings is 1. The highest BCUT2D eigenvalue weighted by Gasteiger charge is 2.30. The number of carbonyl (C=O) groups excluding carboxylic acids is 2. The normalized spacial score (nSPS) is 18.9. The van der Waals surface area contributed by atoms with E-state index < -0.39 is 0 Å². The predicted octanol–water partition coefficient (Wildman–Crippen LogP) is 2.79. The van der Waals surface area contributed by atoms with Crippen LogP contribution in [0.1, 0.15) is 13.3 Å². The molecule has 1 aliphatic rings. The third kappa shape index (κ3) is 3.51. The van der Waals surface area contributed by atoms with Gasteiger partial charge in [-0.25, -0.2) is 0 Å². The van der Waals surface area contributed by atoms with Crippen LogP contribution in [0.15, 0.2) is 22.7 Å². The van der Waals surface area contributed by atoms with Gasteiger partial charge in [0, 0.05) is 31.3 Å². The summed E-state index contributed by atoms with van der Waals surface area (Å²) in [6.07, 6.45) is 0.471. The van der Waals surface area contributed by atoms with Gasteiger partial charge < -0.3 is 10.0 Å². The van der Waals surface area contributed by atoms with Crippen molar-refractivity contribution >= 4 is 44.4 Å². The molecule has 0 bridgehead atoms. The van der Waals surface area contributed by atoms with Gasteiger partial charge in [0.1, 0.15) is 5.75 Å². The minimum Gasteiger partial charge on any atom is -0.507 e. The quantitative estimate of drug-likeness (QED) is 0.916. The summed E-state index contributed by atoms with van der Waals surface area (Å²) in [5.41, 5.74) is 0.769. The number of halogens is 1. The molecule has 4 nitrogen and oxygen atoms in total. The maximum atomic E-state index is 12.0. The van der Waals surface area contributed by atoms with Crippen molar-refractivity contribution in [3.8, 4) is 5.75 Å². The van der Waals surface area contributed by atoms with Gasteiger partial charge in [0.25, 0.3) is 0 Å². The number of hydrogen-bond acceptors (Lipinski definition) is 4. The second kappa shape index (κ2) is 5.96. The Morgan fingerprint density at radius 2 is 2.32 bits per heavy atom. The van der Waals surface area contributed by atoms with E-state index in [1.165, 1.54) is 18.7 Å². The fourth-order valence-electron chi connectivity index (χ4n) is 2.04. The van der Waals surface area contributed by atoms with Gasteiger partial charge in [0.15, 0.2) is 5.12 Å². The topological polar surface area (TPSA) is 57.6 Å². The van der Waals surface area contributed by atoms with Crippen LogP contribution in [0.25, 0.3) is 0 Å². The van der Waals surface area contributed by atoms with Crippen LogP contribution in [-0.4, -0.2) is 28.4 Å². The summed E-state index contributed by atoms with van der Waals surface area (Å²) in [6.45, 7) is 2.16. The van der Waals surface area contributed by atoms with Crippen molar-refractivity contribution in [3.05, 3.63) is 22.7 Å². The first-order valence-electron chi connectivity index (χ1n) is 5.89. The number of nitrogens with zero attached hydrogens (tertiary/aromatic N) is 1. The second-order valence-corrected chi connectivity index (χ2v) is 6.56. The molecule has 1 saturated heterocycles. The molecule has 1 unspecified atom stereocenters. The van der Waals surface area contributed by atoms with E-state index in [1.807, 2.05) is 0 Å². The molecule has 2 rings (SSSR count). The monoisotopic (exact) mass is 343 g/mol. The van der Waals surface area contributed by atoms with Crippen molar-refractivity contribution in [1.82, 2.24) is 0 Å². The first kappa shape index (κ1) is 14.4. The van der Waals surface area contributed by atoms with Crippen molar-refractivity contribution < 1.29 is 14.7 Å². The predicted molar refractivity (Wildman–Crippen MR) is 79.4 cm³/mol. The first-order valence-corrected chi connectivity index (χ1v) is 7.67. The van der Waals surface area contributed by atoms with Crippen molar-refractivity contribution in [2.75, 3.05) is 17.2 Å². The summed E-state index contributed by atoms with van der Waals surface area (Å²) >= 11 is 4.51. The number of rotatable bonds is 3. The van der Waals surface area contributed by atoms with Gasteiger partial charge in [-0.2, -0.15) is 0 Å². The molecule has 0 aromatic heterocycles. The molecule has 1 atom stereocenters. The van der Waals surface area contributed by atoms with Crippen molar-refractivity contribution in [1.29, 1.82) is 0 Å². The third-order valence-electron chi connectivity index (χ3n) is 2.97. The van der Waals surface area contributed by atoms with Gasteiger partial charge in [0.2, 0.25) is 5.91 Å². The van der Waals surface area contributed by atoms with E-state index in [2.05, 4.69) is 15.9 Å². The number of amides is 1. The maximum absolute atomic E-state index is 12.0. The molecule has 1 fully saturated rings. The lowest BCUT2D eigenvalue weighted by molar-refractivity contribution is -0.117. The molecule has 0 radical (unpaired) electrons. The van der Waals surface area contributed by atoms with E-state index >= 15 is 0 Å². The van der Waals surface area contributed by atoms with Crippen LogP contribution in [0.3, 0.4) is 0 Å². The van der Waals surface area contributed by atoms with Gasteiger partial charge in [-0.3, -0.25) is 9.59 Å². The Bertz CT molecular complexity index is 521. The molecule has 0 spiro atoms. The van der Waals surface area contributed by atoms with Crippen LogP contribution in [0.4, 0.5) is 5.69 Å². The lowest BCUT2D eigenvalue weighted by atomic mass is 10.1. The molecular formula is C13H14BrNO3S. The minimum atomic E-state index is 0.0618. The SMILES string of the molecule is CC(=O)SCC1CC(=O)N(c2ccc(O)c(Br)c2)C1. The molecule has 0 aliphatic carbocycles. The van der Waals surface area contributed by atoms with E-state index in [-0.39, 0.29) is 22.7 Å². The van der Waals surface area contributed by atoms with Crippen LogP contribution in [-0.2, 0) is 9.59 Å². The Morgan fingerprint density at radius 3 is 2.95 bits per heavy atom. The highest BCUT2D eigenvalue weighted by Crippen LogP contribution is 2.32. The summed E-state index contributed by atoms with van der Waals surface area (Å²) in [5, 5.41) is 9.54. The number of phenolic OH excluding ortho intramolecular Hbond substituents is 1. The zero-order chi connectivity index (χ0) is 14.0. The largest absolute Gasteiger partial charge is 0.507 e. The number of anilines is 1. The first-order chi connectivity index (χ1) is 8.97. The summed E-state index contributed by atoms with van der Waals surface area (Å²) < 4.78 is 0.569. The van der Waals surface area contributed by atoms with E-state index in [4.69, 9.17) is 0 Å². The highest BCUT2D eigenvalue weighted by molar-refractivity contribution is 9.10. The maximum Gasteiger partial charge on any atom is 0.227 e.